The Morgan fingerprint density at radius 2 is 1.00 bits per heavy atom. The van der Waals surface area contributed by atoms with Crippen LogP contribution in [0.1, 0.15) is 27.8 Å². The Hall–Kier alpha value is -3.83. The highest BCUT2D eigenvalue weighted by molar-refractivity contribution is 7.87. The first kappa shape index (κ1) is 25.8. The van der Waals surface area contributed by atoms with Crippen molar-refractivity contribution in [2.45, 2.75) is 12.4 Å². The Morgan fingerprint density at radius 3 is 1.50 bits per heavy atom. The molecule has 1 nitrogen and oxygen atoms in total. The molecular weight excluding hydrogens is 521 g/mol. The quantitative estimate of drug-likeness (QED) is 0.186. The summed E-state index contributed by atoms with van der Waals surface area (Å²) in [4.78, 5) is 0. The molecule has 0 radical (unpaired) electrons. The fourth-order valence-corrected chi connectivity index (χ4v) is 7.42. The van der Waals surface area contributed by atoms with Crippen molar-refractivity contribution in [3.8, 4) is 0 Å². The normalized spacial score (nSPS) is 18.9. The van der Waals surface area contributed by atoms with Crippen molar-refractivity contribution in [3.63, 3.8) is 0 Å². The van der Waals surface area contributed by atoms with Gasteiger partial charge in [0.15, 0.2) is 7.14 Å². The first-order valence-corrected chi connectivity index (χ1v) is 13.2. The smallest absolute Gasteiger partial charge is 0.309 e. The first-order chi connectivity index (χ1) is 18.0. The summed E-state index contributed by atoms with van der Waals surface area (Å²) in [7, 11) is -3.54. The highest BCUT2D eigenvalue weighted by atomic mass is 31.2. The van der Waals surface area contributed by atoms with Crippen LogP contribution in [0.15, 0.2) is 121 Å². The molecule has 0 amide bonds. The second kappa shape index (κ2) is 9.48. The molecule has 1 aliphatic heterocycles. The monoisotopic (exact) mass is 540 g/mol. The lowest BCUT2D eigenvalue weighted by molar-refractivity contribution is -0.138. The minimum absolute atomic E-state index is 0.382. The molecular formula is C30H19F6OP. The SMILES string of the molecule is O=P1(c2ccccc2)C(c2ccc(C(F)(F)F)cc2)=C/C1=C(\c1ccccc1)c1ccc(C(F)(F)F)cc1. The van der Waals surface area contributed by atoms with E-state index in [1.54, 1.807) is 66.7 Å². The van der Waals surface area contributed by atoms with Crippen molar-refractivity contribution in [1.82, 2.24) is 0 Å². The van der Waals surface area contributed by atoms with Crippen molar-refractivity contribution in [1.29, 1.82) is 0 Å². The lowest BCUT2D eigenvalue weighted by Gasteiger charge is -2.34. The first-order valence-electron chi connectivity index (χ1n) is 11.5. The summed E-state index contributed by atoms with van der Waals surface area (Å²) >= 11 is 0. The van der Waals surface area contributed by atoms with E-state index in [0.29, 0.717) is 38.2 Å². The van der Waals surface area contributed by atoms with E-state index in [2.05, 4.69) is 0 Å². The molecule has 1 aliphatic rings. The molecule has 0 saturated heterocycles. The standard InChI is InChI=1S/C30H19F6OP/c31-29(32,33)23-15-11-20(12-16-23)26-19-27(38(26,37)25-9-5-2-6-10-25)28(21-7-3-1-4-8-21)22-13-17-24(18-14-22)30(34,35)36/h1-19H/b28-27-. The second-order valence-corrected chi connectivity index (χ2v) is 11.4. The maximum absolute atomic E-state index is 14.9. The molecule has 5 rings (SSSR count). The third-order valence-electron chi connectivity index (χ3n) is 6.40. The minimum Gasteiger partial charge on any atom is -0.309 e. The molecule has 8 heteroatoms. The van der Waals surface area contributed by atoms with Gasteiger partial charge in [-0.2, -0.15) is 26.3 Å². The fraction of sp³-hybridized carbons (Fsp3) is 0.0667. The van der Waals surface area contributed by atoms with Crippen LogP contribution in [0.3, 0.4) is 0 Å². The van der Waals surface area contributed by atoms with Gasteiger partial charge in [0.05, 0.1) is 11.1 Å². The summed E-state index contributed by atoms with van der Waals surface area (Å²) in [6.07, 6.45) is -7.36. The molecule has 1 heterocycles. The molecule has 0 spiro atoms. The van der Waals surface area contributed by atoms with Crippen LogP contribution in [-0.4, -0.2) is 0 Å². The Balaban J connectivity index is 1.75. The molecule has 1 unspecified atom stereocenters. The van der Waals surface area contributed by atoms with Crippen molar-refractivity contribution in [3.05, 3.63) is 148 Å². The van der Waals surface area contributed by atoms with Crippen LogP contribution in [0, 0.1) is 0 Å². The average molecular weight is 540 g/mol. The zero-order valence-electron chi connectivity index (χ0n) is 19.6. The van der Waals surface area contributed by atoms with E-state index < -0.39 is 30.6 Å². The zero-order chi connectivity index (χ0) is 27.1. The predicted molar refractivity (Wildman–Crippen MR) is 137 cm³/mol. The van der Waals surface area contributed by atoms with Crippen LogP contribution in [0.4, 0.5) is 26.3 Å². The van der Waals surface area contributed by atoms with E-state index in [4.69, 9.17) is 0 Å². The van der Waals surface area contributed by atoms with Gasteiger partial charge in [-0.25, -0.2) is 0 Å². The van der Waals surface area contributed by atoms with Gasteiger partial charge < -0.3 is 4.57 Å². The van der Waals surface area contributed by atoms with E-state index in [1.807, 2.05) is 0 Å². The third-order valence-corrected chi connectivity index (χ3v) is 9.52. The van der Waals surface area contributed by atoms with Gasteiger partial charge in [-0.05, 0) is 47.0 Å². The molecule has 0 saturated carbocycles. The number of benzene rings is 4. The molecule has 4 aromatic carbocycles. The van der Waals surface area contributed by atoms with Crippen LogP contribution in [0.5, 0.6) is 0 Å². The maximum Gasteiger partial charge on any atom is 0.416 e. The summed E-state index contributed by atoms with van der Waals surface area (Å²) in [5.41, 5.74) is 0.357. The van der Waals surface area contributed by atoms with Gasteiger partial charge in [0.1, 0.15) is 0 Å². The Bertz CT molecular complexity index is 1560. The molecule has 0 fully saturated rings. The summed E-state index contributed by atoms with van der Waals surface area (Å²) in [5.74, 6) is 0. The van der Waals surface area contributed by atoms with Crippen LogP contribution in [-0.2, 0) is 16.9 Å². The van der Waals surface area contributed by atoms with Gasteiger partial charge in [-0.3, -0.25) is 0 Å². The molecule has 0 N–H and O–H groups in total. The van der Waals surface area contributed by atoms with Crippen molar-refractivity contribution < 1.29 is 30.9 Å². The van der Waals surface area contributed by atoms with Crippen LogP contribution >= 0.6 is 7.14 Å². The van der Waals surface area contributed by atoms with E-state index in [-0.39, 0.29) is 0 Å². The molecule has 4 aromatic rings. The summed E-state index contributed by atoms with van der Waals surface area (Å²) in [6.45, 7) is 0. The molecule has 38 heavy (non-hydrogen) atoms. The van der Waals surface area contributed by atoms with E-state index >= 15 is 0 Å². The highest BCUT2D eigenvalue weighted by Gasteiger charge is 2.44. The third kappa shape index (κ3) is 4.63. The second-order valence-electron chi connectivity index (χ2n) is 8.75. The van der Waals surface area contributed by atoms with Crippen molar-refractivity contribution in [2.24, 2.45) is 0 Å². The zero-order valence-corrected chi connectivity index (χ0v) is 20.5. The van der Waals surface area contributed by atoms with Gasteiger partial charge >= 0.3 is 12.4 Å². The molecule has 192 valence electrons. The van der Waals surface area contributed by atoms with Crippen molar-refractivity contribution in [2.75, 3.05) is 0 Å². The van der Waals surface area contributed by atoms with Crippen LogP contribution < -0.4 is 5.30 Å². The lowest BCUT2D eigenvalue weighted by Crippen LogP contribution is -2.15. The minimum atomic E-state index is -4.51. The van der Waals surface area contributed by atoms with Crippen molar-refractivity contribution >= 4 is 23.3 Å². The van der Waals surface area contributed by atoms with Gasteiger partial charge in [0, 0.05) is 21.5 Å². The van der Waals surface area contributed by atoms with Crippen LogP contribution in [0.25, 0.3) is 10.9 Å². The largest absolute Gasteiger partial charge is 0.416 e. The molecule has 0 aliphatic carbocycles. The van der Waals surface area contributed by atoms with E-state index in [9.17, 15) is 30.9 Å². The summed E-state index contributed by atoms with van der Waals surface area (Å²) in [6, 6.07) is 26.6. The van der Waals surface area contributed by atoms with Gasteiger partial charge in [0.25, 0.3) is 0 Å². The van der Waals surface area contributed by atoms with E-state index in [0.717, 1.165) is 24.3 Å². The molecule has 0 bridgehead atoms. The number of alkyl halides is 6. The van der Waals surface area contributed by atoms with Gasteiger partial charge in [-0.1, -0.05) is 84.9 Å². The Kier molecular flexibility index (Phi) is 6.44. The number of hydrogen-bond donors (Lipinski definition) is 0. The van der Waals surface area contributed by atoms with E-state index in [1.165, 1.54) is 24.3 Å². The number of rotatable bonds is 4. The number of halogens is 6. The Labute approximate surface area is 215 Å². The predicted octanol–water partition coefficient (Wildman–Crippen LogP) is 9.23. The average Bonchev–Trinajstić information content (AvgIpc) is 2.90. The molecule has 1 atom stereocenters. The lowest BCUT2D eigenvalue weighted by atomic mass is 9.95. The molecule has 0 aromatic heterocycles. The van der Waals surface area contributed by atoms with Gasteiger partial charge in [0.2, 0.25) is 0 Å². The fourth-order valence-electron chi connectivity index (χ4n) is 4.51. The highest BCUT2D eigenvalue weighted by Crippen LogP contribution is 2.73. The van der Waals surface area contributed by atoms with Gasteiger partial charge in [-0.15, -0.1) is 0 Å². The maximum atomic E-state index is 14.9. The number of allylic oxidation sites excluding steroid dienone is 2. The topological polar surface area (TPSA) is 17.1 Å². The number of hydrogen-bond acceptors (Lipinski definition) is 1. The summed E-state index contributed by atoms with van der Waals surface area (Å²) in [5, 5.41) is 1.28. The summed E-state index contributed by atoms with van der Waals surface area (Å²) < 4.78 is 94.0. The van der Waals surface area contributed by atoms with Crippen LogP contribution in [0.2, 0.25) is 0 Å². The Morgan fingerprint density at radius 1 is 0.553 bits per heavy atom.